The maximum atomic E-state index is 2.67. The van der Waals surface area contributed by atoms with Gasteiger partial charge in [0.2, 0.25) is 0 Å². The Hall–Kier alpha value is -12.2. The van der Waals surface area contributed by atoms with Crippen LogP contribution >= 0.6 is 0 Å². The SMILES string of the molecule is CC(C)(C)C1=CC2=CC(c3ccc4c(c3)N(c3ccc(-c5ccccc5)cc3)c3cc(N(c5ccc(-c6ccccc6)cc5)c5ccc(-c6ccccc6)cc5)cc5c3B4c3ccc(-c4cc6cc(C(C)(C)C)cc7c6c6c4C=C(C(C)(C)C)CC6CC7)cc3N5c3ccc(-c4ccccc4)cc3)=C3C=C(C(C)(C)C)CC4C=CC(=C1)C2C34. The molecule has 6 aliphatic carbocycles. The van der Waals surface area contributed by atoms with E-state index in [2.05, 4.69) is 425 Å². The highest BCUT2D eigenvalue weighted by molar-refractivity contribution is 7.00. The van der Waals surface area contributed by atoms with E-state index < -0.39 is 0 Å². The minimum absolute atomic E-state index is 0.000941. The molecular formula is C114H102BN3. The second kappa shape index (κ2) is 27.7. The van der Waals surface area contributed by atoms with E-state index >= 15 is 0 Å². The number of allylic oxidation sites excluding steroid dienone is 13. The van der Waals surface area contributed by atoms with Gasteiger partial charge in [-0.2, -0.15) is 0 Å². The fraction of sp³-hybridized carbons (Fsp3) is 0.211. The maximum Gasteiger partial charge on any atom is 0.252 e. The van der Waals surface area contributed by atoms with Crippen molar-refractivity contribution in [1.29, 1.82) is 0 Å². The van der Waals surface area contributed by atoms with Gasteiger partial charge in [-0.05, 0) is 277 Å². The van der Waals surface area contributed by atoms with Gasteiger partial charge in [0.1, 0.15) is 0 Å². The highest BCUT2D eigenvalue weighted by Crippen LogP contribution is 2.60. The van der Waals surface area contributed by atoms with Crippen molar-refractivity contribution in [1.82, 2.24) is 0 Å². The Morgan fingerprint density at radius 1 is 0.381 bits per heavy atom. The second-order valence-corrected chi connectivity index (χ2v) is 38.8. The summed E-state index contributed by atoms with van der Waals surface area (Å²) < 4.78 is 0. The number of anilines is 9. The van der Waals surface area contributed by atoms with Crippen molar-refractivity contribution in [2.24, 2.45) is 34.0 Å². The standard InChI is InChI=1S/C114H102BN3/c1-111(2,3)87-57-81-33-35-83-59-89(113(7,8)9)67-98-96(63-85(61-87)106(81)108(83)98)79-45-55-100-102(65-79)117(93-51-41-77(42-52-93)73-29-21-15-22-30-73)104-69-95(116(91-47-37-75(38-48-91)71-25-17-13-18-26-71)92-49-39-76(40-50-92)72-27-19-14-20-28-72)70-105-110(104)115(100)101-56-46-80(66-103(101)118(105)94-53-43-78(44-54-94)74-31-23-16-24-32-74)97-64-86-62-88(112(4,5)6)58-82-34-36-84-60-90(114(10,11)12)68-99(97)109(84)107(82)86/h13-33,35,37-58,61-70,83-84,106,108H,34,36,59-60H2,1-12H3. The van der Waals surface area contributed by atoms with Crippen LogP contribution in [0.2, 0.25) is 0 Å². The molecule has 4 unspecified atom stereocenters. The molecule has 0 saturated carbocycles. The molecule has 118 heavy (non-hydrogen) atoms. The Kier molecular flexibility index (Phi) is 17.2. The smallest absolute Gasteiger partial charge is 0.252 e. The molecule has 3 nitrogen and oxygen atoms in total. The molecule has 0 bridgehead atoms. The number of nitrogens with zero attached hydrogens (tertiary/aromatic N) is 3. The molecule has 2 heterocycles. The molecule has 13 aromatic rings. The van der Waals surface area contributed by atoms with Gasteiger partial charge in [0.25, 0.3) is 6.71 Å². The van der Waals surface area contributed by atoms with Gasteiger partial charge in [-0.15, -0.1) is 0 Å². The fourth-order valence-electron chi connectivity index (χ4n) is 21.0. The molecule has 13 aromatic carbocycles. The second-order valence-electron chi connectivity index (χ2n) is 38.8. The molecule has 0 amide bonds. The first-order chi connectivity index (χ1) is 57.0. The summed E-state index contributed by atoms with van der Waals surface area (Å²) in [5, 5.41) is 2.85. The van der Waals surface area contributed by atoms with Crippen molar-refractivity contribution in [3.05, 3.63) is 383 Å². The minimum atomic E-state index is -0.203. The predicted octanol–water partition coefficient (Wildman–Crippen LogP) is 29.3. The van der Waals surface area contributed by atoms with Crippen LogP contribution in [0.25, 0.3) is 78.1 Å². The zero-order valence-corrected chi connectivity index (χ0v) is 70.2. The van der Waals surface area contributed by atoms with Crippen LogP contribution in [-0.4, -0.2) is 6.71 Å². The zero-order valence-electron chi connectivity index (χ0n) is 70.2. The third-order valence-electron chi connectivity index (χ3n) is 27.4. The third-order valence-corrected chi connectivity index (χ3v) is 27.4. The van der Waals surface area contributed by atoms with Crippen molar-refractivity contribution in [2.75, 3.05) is 14.7 Å². The predicted molar refractivity (Wildman–Crippen MR) is 504 cm³/mol. The van der Waals surface area contributed by atoms with Crippen molar-refractivity contribution < 1.29 is 0 Å². The zero-order chi connectivity index (χ0) is 80.4. The lowest BCUT2D eigenvalue weighted by Gasteiger charge is -2.48. The molecule has 2 aliphatic heterocycles. The first-order valence-electron chi connectivity index (χ1n) is 43.1. The molecule has 21 rings (SSSR count). The van der Waals surface area contributed by atoms with E-state index in [0.29, 0.717) is 23.7 Å². The van der Waals surface area contributed by atoms with Crippen LogP contribution in [-0.2, 0) is 11.8 Å². The lowest BCUT2D eigenvalue weighted by Crippen LogP contribution is -2.61. The number of fused-ring (bicyclic) bond motifs is 4. The summed E-state index contributed by atoms with van der Waals surface area (Å²) in [6, 6.07) is 109. The van der Waals surface area contributed by atoms with Crippen LogP contribution in [0, 0.1) is 34.0 Å². The summed E-state index contributed by atoms with van der Waals surface area (Å²) in [6.45, 7) is 28.7. The van der Waals surface area contributed by atoms with E-state index in [-0.39, 0.29) is 28.4 Å². The quantitative estimate of drug-likeness (QED) is 0.120. The summed E-state index contributed by atoms with van der Waals surface area (Å²) in [4.78, 5) is 7.87. The minimum Gasteiger partial charge on any atom is -0.311 e. The lowest BCUT2D eigenvalue weighted by molar-refractivity contribution is 0.329. The average Bonchev–Trinajstić information content (AvgIpc) is 0.689. The van der Waals surface area contributed by atoms with Gasteiger partial charge in [0, 0.05) is 57.3 Å². The fourth-order valence-corrected chi connectivity index (χ4v) is 21.0. The van der Waals surface area contributed by atoms with Crippen LogP contribution in [0.1, 0.15) is 136 Å². The number of rotatable bonds is 11. The van der Waals surface area contributed by atoms with Crippen LogP contribution in [0.15, 0.2) is 355 Å². The Bertz CT molecular complexity index is 6390. The van der Waals surface area contributed by atoms with Crippen molar-refractivity contribution >= 4 is 96.7 Å². The number of benzene rings is 13. The monoisotopic (exact) mass is 1520 g/mol. The third kappa shape index (κ3) is 12.5. The average molecular weight is 1520 g/mol. The molecule has 0 fully saturated rings. The topological polar surface area (TPSA) is 9.72 Å². The molecule has 4 heteroatoms. The maximum absolute atomic E-state index is 2.67. The Morgan fingerprint density at radius 3 is 1.36 bits per heavy atom. The van der Waals surface area contributed by atoms with Crippen molar-refractivity contribution in [2.45, 2.75) is 120 Å². The molecule has 0 N–H and O–H groups in total. The van der Waals surface area contributed by atoms with Crippen molar-refractivity contribution in [3.8, 4) is 55.6 Å². The Morgan fingerprint density at radius 2 is 0.856 bits per heavy atom. The van der Waals surface area contributed by atoms with E-state index in [0.717, 1.165) is 65.5 Å². The van der Waals surface area contributed by atoms with Crippen LogP contribution in [0.5, 0.6) is 0 Å². The summed E-state index contributed by atoms with van der Waals surface area (Å²) >= 11 is 0. The van der Waals surface area contributed by atoms with Gasteiger partial charge in [0.15, 0.2) is 0 Å². The van der Waals surface area contributed by atoms with Gasteiger partial charge in [-0.1, -0.05) is 343 Å². The summed E-state index contributed by atoms with van der Waals surface area (Å²) in [5.74, 6) is 1.41. The Labute approximate surface area is 699 Å². The Balaban J connectivity index is 0.870. The molecule has 0 saturated heterocycles. The van der Waals surface area contributed by atoms with Crippen LogP contribution in [0.3, 0.4) is 0 Å². The highest BCUT2D eigenvalue weighted by Gasteiger charge is 2.48. The summed E-state index contributed by atoms with van der Waals surface area (Å²) in [7, 11) is 0. The first kappa shape index (κ1) is 73.4. The number of hydrogen-bond acceptors (Lipinski definition) is 3. The van der Waals surface area contributed by atoms with E-state index in [9.17, 15) is 0 Å². The molecule has 576 valence electrons. The van der Waals surface area contributed by atoms with E-state index in [1.54, 1.807) is 5.56 Å². The molecule has 0 spiro atoms. The summed E-state index contributed by atoms with van der Waals surface area (Å²) in [6.07, 6.45) is 22.5. The van der Waals surface area contributed by atoms with Gasteiger partial charge in [-0.3, -0.25) is 0 Å². The molecule has 8 aliphatic rings. The largest absolute Gasteiger partial charge is 0.311 e. The molecule has 0 radical (unpaired) electrons. The molecular weight excluding hydrogens is 1420 g/mol. The van der Waals surface area contributed by atoms with Gasteiger partial charge in [0.05, 0.1) is 5.69 Å². The normalized spacial score (nSPS) is 18.2. The lowest BCUT2D eigenvalue weighted by atomic mass is 9.33. The summed E-state index contributed by atoms with van der Waals surface area (Å²) in [5.41, 5.74) is 43.0. The van der Waals surface area contributed by atoms with Crippen LogP contribution < -0.4 is 31.1 Å². The van der Waals surface area contributed by atoms with Crippen LogP contribution in [0.4, 0.5) is 51.2 Å². The first-order valence-corrected chi connectivity index (χ1v) is 43.1. The van der Waals surface area contributed by atoms with Gasteiger partial charge in [-0.25, -0.2) is 0 Å². The van der Waals surface area contributed by atoms with Gasteiger partial charge >= 0.3 is 0 Å². The van der Waals surface area contributed by atoms with Crippen molar-refractivity contribution in [3.63, 3.8) is 0 Å². The van der Waals surface area contributed by atoms with E-state index in [4.69, 9.17) is 0 Å². The molecule has 0 aromatic heterocycles. The highest BCUT2D eigenvalue weighted by atomic mass is 15.2. The number of aryl methyl sites for hydroxylation is 1. The number of hydrogen-bond donors (Lipinski definition) is 0. The van der Waals surface area contributed by atoms with E-state index in [1.165, 1.54) is 155 Å². The molecule has 4 atom stereocenters. The van der Waals surface area contributed by atoms with E-state index in [1.807, 2.05) is 0 Å². The van der Waals surface area contributed by atoms with Gasteiger partial charge < -0.3 is 14.7 Å².